The van der Waals surface area contributed by atoms with Crippen molar-refractivity contribution in [1.29, 1.82) is 0 Å². The van der Waals surface area contributed by atoms with E-state index in [4.69, 9.17) is 5.11 Å². The largest absolute Gasteiger partial charge is 0.465 e. The molecule has 2 amide bonds. The second-order valence-electron chi connectivity index (χ2n) is 4.39. The number of carbonyl (C=O) groups excluding carboxylic acids is 1. The average Bonchev–Trinajstić information content (AvgIpc) is 3.00. The summed E-state index contributed by atoms with van der Waals surface area (Å²) < 4.78 is 0. The standard InChI is InChI=1S/C13H11N3O3S/c17-11-4-8-3-7(1-2-10(8)16-11)12-14-5-9(20-12)6-15-13(18)19/h1-3,5,15H,4,6H2,(H,16,17)(H,18,19). The normalized spacial score (nSPS) is 12.9. The molecule has 1 aromatic carbocycles. The third-order valence-electron chi connectivity index (χ3n) is 2.94. The van der Waals surface area contributed by atoms with Crippen LogP contribution in [-0.4, -0.2) is 22.1 Å². The van der Waals surface area contributed by atoms with Crippen molar-refractivity contribution in [1.82, 2.24) is 10.3 Å². The highest BCUT2D eigenvalue weighted by molar-refractivity contribution is 7.15. The predicted octanol–water partition coefficient (Wildman–Crippen LogP) is 2.07. The van der Waals surface area contributed by atoms with Gasteiger partial charge in [-0.15, -0.1) is 11.3 Å². The van der Waals surface area contributed by atoms with Crippen LogP contribution >= 0.6 is 11.3 Å². The molecule has 6 nitrogen and oxygen atoms in total. The highest BCUT2D eigenvalue weighted by Gasteiger charge is 2.18. The average molecular weight is 289 g/mol. The number of nitrogens with zero attached hydrogens (tertiary/aromatic N) is 1. The van der Waals surface area contributed by atoms with E-state index in [0.717, 1.165) is 26.7 Å². The lowest BCUT2D eigenvalue weighted by molar-refractivity contribution is -0.115. The molecule has 0 saturated carbocycles. The van der Waals surface area contributed by atoms with Crippen LogP contribution in [0, 0.1) is 0 Å². The summed E-state index contributed by atoms with van der Waals surface area (Å²) in [5.41, 5.74) is 2.75. The summed E-state index contributed by atoms with van der Waals surface area (Å²) in [5, 5.41) is 14.5. The Morgan fingerprint density at radius 3 is 3.15 bits per heavy atom. The third kappa shape index (κ3) is 2.48. The van der Waals surface area contributed by atoms with Gasteiger partial charge in [0.1, 0.15) is 5.01 Å². The van der Waals surface area contributed by atoms with Gasteiger partial charge < -0.3 is 15.7 Å². The van der Waals surface area contributed by atoms with Gasteiger partial charge in [-0.05, 0) is 23.8 Å². The quantitative estimate of drug-likeness (QED) is 0.806. The van der Waals surface area contributed by atoms with Crippen LogP contribution in [0.15, 0.2) is 24.4 Å². The van der Waals surface area contributed by atoms with Crippen molar-refractivity contribution in [2.24, 2.45) is 0 Å². The van der Waals surface area contributed by atoms with Gasteiger partial charge in [0.05, 0.1) is 13.0 Å². The molecule has 7 heteroatoms. The first-order chi connectivity index (χ1) is 9.61. The summed E-state index contributed by atoms with van der Waals surface area (Å²) in [6.07, 6.45) is 0.997. The molecule has 0 unspecified atom stereocenters. The summed E-state index contributed by atoms with van der Waals surface area (Å²) in [6, 6.07) is 5.71. The molecule has 3 rings (SSSR count). The maximum Gasteiger partial charge on any atom is 0.404 e. The molecule has 0 bridgehead atoms. The van der Waals surface area contributed by atoms with Crippen molar-refractivity contribution in [3.05, 3.63) is 34.8 Å². The number of aromatic nitrogens is 1. The fraction of sp³-hybridized carbons (Fsp3) is 0.154. The molecule has 1 aliphatic heterocycles. The van der Waals surface area contributed by atoms with Crippen molar-refractivity contribution in [2.45, 2.75) is 13.0 Å². The van der Waals surface area contributed by atoms with Crippen LogP contribution in [0.25, 0.3) is 10.6 Å². The lowest BCUT2D eigenvalue weighted by atomic mass is 10.1. The predicted molar refractivity (Wildman–Crippen MR) is 74.7 cm³/mol. The Morgan fingerprint density at radius 1 is 1.50 bits per heavy atom. The van der Waals surface area contributed by atoms with Gasteiger partial charge in [-0.1, -0.05) is 0 Å². The molecule has 0 fully saturated rings. The number of anilines is 1. The molecule has 20 heavy (non-hydrogen) atoms. The zero-order chi connectivity index (χ0) is 14.1. The third-order valence-corrected chi connectivity index (χ3v) is 3.99. The second-order valence-corrected chi connectivity index (χ2v) is 5.50. The molecule has 0 aliphatic carbocycles. The van der Waals surface area contributed by atoms with Crippen LogP contribution < -0.4 is 10.6 Å². The van der Waals surface area contributed by atoms with E-state index in [1.807, 2.05) is 18.2 Å². The number of nitrogens with one attached hydrogen (secondary N) is 2. The maximum absolute atomic E-state index is 11.3. The molecule has 0 radical (unpaired) electrons. The fourth-order valence-corrected chi connectivity index (χ4v) is 2.90. The SMILES string of the molecule is O=C(O)NCc1cnc(-c2ccc3c(c2)CC(=O)N3)s1. The van der Waals surface area contributed by atoms with E-state index in [-0.39, 0.29) is 12.5 Å². The summed E-state index contributed by atoms with van der Waals surface area (Å²) in [5.74, 6) is 0.00244. The van der Waals surface area contributed by atoms with Crippen LogP contribution in [0.1, 0.15) is 10.4 Å². The molecule has 2 aromatic rings. The van der Waals surface area contributed by atoms with Crippen LogP contribution in [0.2, 0.25) is 0 Å². The number of fused-ring (bicyclic) bond motifs is 1. The number of amides is 2. The Hall–Kier alpha value is -2.41. The van der Waals surface area contributed by atoms with Crippen molar-refractivity contribution >= 4 is 29.0 Å². The second kappa shape index (κ2) is 4.93. The Kier molecular flexibility index (Phi) is 3.11. The molecular formula is C13H11N3O3S. The Morgan fingerprint density at radius 2 is 2.35 bits per heavy atom. The number of carboxylic acid groups (broad SMARTS) is 1. The number of hydrogen-bond donors (Lipinski definition) is 3. The maximum atomic E-state index is 11.3. The number of benzene rings is 1. The van der Waals surface area contributed by atoms with E-state index in [1.165, 1.54) is 11.3 Å². The van der Waals surface area contributed by atoms with E-state index < -0.39 is 6.09 Å². The number of carbonyl (C=O) groups is 2. The molecule has 0 spiro atoms. The highest BCUT2D eigenvalue weighted by Crippen LogP contribution is 2.31. The van der Waals surface area contributed by atoms with Gasteiger partial charge in [0.25, 0.3) is 0 Å². The lowest BCUT2D eigenvalue weighted by Gasteiger charge is -2.01. The first kappa shape index (κ1) is 12.6. The topological polar surface area (TPSA) is 91.3 Å². The summed E-state index contributed by atoms with van der Waals surface area (Å²) in [7, 11) is 0. The highest BCUT2D eigenvalue weighted by atomic mass is 32.1. The monoisotopic (exact) mass is 289 g/mol. The van der Waals surface area contributed by atoms with Gasteiger partial charge in [0.2, 0.25) is 5.91 Å². The van der Waals surface area contributed by atoms with E-state index in [1.54, 1.807) is 6.20 Å². The van der Waals surface area contributed by atoms with Crippen molar-refractivity contribution < 1.29 is 14.7 Å². The molecule has 0 saturated heterocycles. The zero-order valence-electron chi connectivity index (χ0n) is 10.3. The van der Waals surface area contributed by atoms with Crippen LogP contribution in [0.3, 0.4) is 0 Å². The number of thiazole rings is 1. The van der Waals surface area contributed by atoms with E-state index in [0.29, 0.717) is 6.42 Å². The Labute approximate surface area is 118 Å². The number of hydrogen-bond acceptors (Lipinski definition) is 4. The van der Waals surface area contributed by atoms with Gasteiger partial charge in [-0.2, -0.15) is 0 Å². The van der Waals surface area contributed by atoms with Crippen molar-refractivity contribution in [3.63, 3.8) is 0 Å². The molecule has 2 heterocycles. The van der Waals surface area contributed by atoms with Gasteiger partial charge in [0, 0.05) is 22.3 Å². The summed E-state index contributed by atoms with van der Waals surface area (Å²) >= 11 is 1.43. The first-order valence-electron chi connectivity index (χ1n) is 5.96. The minimum Gasteiger partial charge on any atom is -0.465 e. The Balaban J connectivity index is 1.81. The van der Waals surface area contributed by atoms with E-state index in [9.17, 15) is 9.59 Å². The van der Waals surface area contributed by atoms with Gasteiger partial charge in [-0.3, -0.25) is 4.79 Å². The smallest absolute Gasteiger partial charge is 0.404 e. The lowest BCUT2D eigenvalue weighted by Crippen LogP contribution is -2.19. The van der Waals surface area contributed by atoms with E-state index >= 15 is 0 Å². The minimum absolute atomic E-state index is 0.00244. The number of rotatable bonds is 3. The van der Waals surface area contributed by atoms with Gasteiger partial charge in [-0.25, -0.2) is 9.78 Å². The van der Waals surface area contributed by atoms with Crippen LogP contribution in [0.4, 0.5) is 10.5 Å². The van der Waals surface area contributed by atoms with E-state index in [2.05, 4.69) is 15.6 Å². The molecule has 1 aliphatic rings. The van der Waals surface area contributed by atoms with Crippen LogP contribution in [-0.2, 0) is 17.8 Å². The molecule has 3 N–H and O–H groups in total. The molecular weight excluding hydrogens is 278 g/mol. The Bertz CT molecular complexity index is 696. The van der Waals surface area contributed by atoms with Gasteiger partial charge in [0.15, 0.2) is 0 Å². The molecule has 1 aromatic heterocycles. The summed E-state index contributed by atoms with van der Waals surface area (Å²) in [4.78, 5) is 26.9. The van der Waals surface area contributed by atoms with Crippen molar-refractivity contribution in [2.75, 3.05) is 5.32 Å². The van der Waals surface area contributed by atoms with Crippen molar-refractivity contribution in [3.8, 4) is 10.6 Å². The van der Waals surface area contributed by atoms with Crippen LogP contribution in [0.5, 0.6) is 0 Å². The summed E-state index contributed by atoms with van der Waals surface area (Å²) in [6.45, 7) is 0.248. The van der Waals surface area contributed by atoms with Gasteiger partial charge >= 0.3 is 6.09 Å². The molecule has 102 valence electrons. The fourth-order valence-electron chi connectivity index (χ4n) is 2.05. The zero-order valence-corrected chi connectivity index (χ0v) is 11.2. The minimum atomic E-state index is -1.05. The molecule has 0 atom stereocenters. The first-order valence-corrected chi connectivity index (χ1v) is 6.78.